The van der Waals surface area contributed by atoms with E-state index in [9.17, 15) is 13.2 Å². The standard InChI is InChI=1S/C15H11ClF3N3/c16-13-6-10(7-14-12(13)2-4-21-14)22-8-11-5-9(1-3-20-11)15(17,18)19/h1-7,21-22H,8H2. The molecule has 0 aliphatic rings. The van der Waals surface area contributed by atoms with Gasteiger partial charge in [0.15, 0.2) is 0 Å². The Morgan fingerprint density at radius 1 is 1.18 bits per heavy atom. The Balaban J connectivity index is 1.79. The number of nitrogens with zero attached hydrogens (tertiary/aromatic N) is 1. The van der Waals surface area contributed by atoms with Crippen molar-refractivity contribution in [1.29, 1.82) is 0 Å². The number of pyridine rings is 1. The van der Waals surface area contributed by atoms with Crippen molar-refractivity contribution in [2.45, 2.75) is 12.7 Å². The number of hydrogen-bond donors (Lipinski definition) is 2. The first-order valence-corrected chi connectivity index (χ1v) is 6.84. The number of aromatic nitrogens is 2. The van der Waals surface area contributed by atoms with Crippen molar-refractivity contribution in [1.82, 2.24) is 9.97 Å². The lowest BCUT2D eigenvalue weighted by Crippen LogP contribution is -2.08. The lowest BCUT2D eigenvalue weighted by Gasteiger charge is -2.10. The van der Waals surface area contributed by atoms with Gasteiger partial charge in [0.2, 0.25) is 0 Å². The minimum absolute atomic E-state index is 0.173. The number of anilines is 1. The molecule has 2 heterocycles. The fourth-order valence-electron chi connectivity index (χ4n) is 2.17. The van der Waals surface area contributed by atoms with Crippen LogP contribution in [0.1, 0.15) is 11.3 Å². The molecule has 22 heavy (non-hydrogen) atoms. The Morgan fingerprint density at radius 2 is 2.00 bits per heavy atom. The summed E-state index contributed by atoms with van der Waals surface area (Å²) in [6.45, 7) is 0.173. The van der Waals surface area contributed by atoms with Crippen LogP contribution in [0.25, 0.3) is 10.9 Å². The molecule has 0 amide bonds. The first-order chi connectivity index (χ1) is 10.4. The summed E-state index contributed by atoms with van der Waals surface area (Å²) in [5, 5.41) is 4.49. The number of H-pyrrole nitrogens is 1. The smallest absolute Gasteiger partial charge is 0.379 e. The minimum atomic E-state index is -4.37. The molecule has 7 heteroatoms. The molecule has 0 radical (unpaired) electrons. The van der Waals surface area contributed by atoms with Crippen molar-refractivity contribution in [3.8, 4) is 0 Å². The molecule has 2 N–H and O–H groups in total. The molecule has 114 valence electrons. The number of benzene rings is 1. The molecular weight excluding hydrogens is 315 g/mol. The zero-order chi connectivity index (χ0) is 15.7. The number of aromatic amines is 1. The van der Waals surface area contributed by atoms with Crippen LogP contribution >= 0.6 is 11.6 Å². The maximum atomic E-state index is 12.7. The van der Waals surface area contributed by atoms with Gasteiger partial charge in [-0.3, -0.25) is 4.98 Å². The summed E-state index contributed by atoms with van der Waals surface area (Å²) in [4.78, 5) is 6.98. The molecule has 0 fully saturated rings. The highest BCUT2D eigenvalue weighted by molar-refractivity contribution is 6.35. The van der Waals surface area contributed by atoms with Crippen molar-refractivity contribution in [3.63, 3.8) is 0 Å². The topological polar surface area (TPSA) is 40.7 Å². The highest BCUT2D eigenvalue weighted by Gasteiger charge is 2.30. The summed E-state index contributed by atoms with van der Waals surface area (Å²) < 4.78 is 38.0. The molecular formula is C15H11ClF3N3. The van der Waals surface area contributed by atoms with Gasteiger partial charge in [0.25, 0.3) is 0 Å². The number of alkyl halides is 3. The van der Waals surface area contributed by atoms with Gasteiger partial charge in [-0.05, 0) is 30.3 Å². The molecule has 0 bridgehead atoms. The SMILES string of the molecule is FC(F)(F)c1ccnc(CNc2cc(Cl)c3cc[nH]c3c2)c1. The summed E-state index contributed by atoms with van der Waals surface area (Å²) in [5.74, 6) is 0. The molecule has 3 nitrogen and oxygen atoms in total. The second-order valence-electron chi connectivity index (χ2n) is 4.78. The zero-order valence-corrected chi connectivity index (χ0v) is 12.0. The van der Waals surface area contributed by atoms with Gasteiger partial charge >= 0.3 is 6.18 Å². The normalized spacial score (nSPS) is 11.8. The first kappa shape index (κ1) is 14.7. The van der Waals surface area contributed by atoms with Gasteiger partial charge in [-0.25, -0.2) is 0 Å². The van der Waals surface area contributed by atoms with Crippen molar-refractivity contribution in [3.05, 3.63) is 59.0 Å². The maximum absolute atomic E-state index is 12.7. The lowest BCUT2D eigenvalue weighted by molar-refractivity contribution is -0.137. The minimum Gasteiger partial charge on any atom is -0.379 e. The maximum Gasteiger partial charge on any atom is 0.416 e. The van der Waals surface area contributed by atoms with E-state index in [0.717, 1.165) is 29.2 Å². The van der Waals surface area contributed by atoms with Gasteiger partial charge in [0.1, 0.15) is 0 Å². The van der Waals surface area contributed by atoms with Gasteiger partial charge in [0.05, 0.1) is 22.8 Å². The molecule has 0 saturated heterocycles. The highest BCUT2D eigenvalue weighted by Crippen LogP contribution is 2.30. The third kappa shape index (κ3) is 3.01. The van der Waals surface area contributed by atoms with E-state index < -0.39 is 11.7 Å². The molecule has 0 spiro atoms. The van der Waals surface area contributed by atoms with Crippen LogP contribution < -0.4 is 5.32 Å². The average molecular weight is 326 g/mol. The van der Waals surface area contributed by atoms with Gasteiger partial charge in [-0.2, -0.15) is 13.2 Å². The Labute approximate surface area is 129 Å². The van der Waals surface area contributed by atoms with Gasteiger partial charge in [-0.1, -0.05) is 11.6 Å². The molecule has 0 aliphatic carbocycles. The average Bonchev–Trinajstić information content (AvgIpc) is 2.93. The van der Waals surface area contributed by atoms with Gasteiger partial charge in [0, 0.05) is 29.0 Å². The molecule has 3 rings (SSSR count). The van der Waals surface area contributed by atoms with E-state index >= 15 is 0 Å². The molecule has 0 atom stereocenters. The van der Waals surface area contributed by atoms with Crippen LogP contribution in [0.4, 0.5) is 18.9 Å². The Bertz CT molecular complexity index is 811. The van der Waals surface area contributed by atoms with E-state index in [-0.39, 0.29) is 6.54 Å². The summed E-state index contributed by atoms with van der Waals surface area (Å²) >= 11 is 6.15. The second-order valence-corrected chi connectivity index (χ2v) is 5.19. The van der Waals surface area contributed by atoms with Crippen molar-refractivity contribution in [2.75, 3.05) is 5.32 Å². The summed E-state index contributed by atoms with van der Waals surface area (Å²) in [5.41, 5.74) is 1.15. The number of fused-ring (bicyclic) bond motifs is 1. The van der Waals surface area contributed by atoms with Crippen LogP contribution in [0.3, 0.4) is 0 Å². The summed E-state index contributed by atoms with van der Waals surface area (Å²) in [6.07, 6.45) is -1.44. The Morgan fingerprint density at radius 3 is 2.77 bits per heavy atom. The predicted molar refractivity (Wildman–Crippen MR) is 79.9 cm³/mol. The fourth-order valence-corrected chi connectivity index (χ4v) is 2.45. The highest BCUT2D eigenvalue weighted by atomic mass is 35.5. The largest absolute Gasteiger partial charge is 0.416 e. The van der Waals surface area contributed by atoms with Crippen LogP contribution in [0.2, 0.25) is 5.02 Å². The molecule has 0 unspecified atom stereocenters. The molecule has 0 saturated carbocycles. The Kier molecular flexibility index (Phi) is 3.70. The lowest BCUT2D eigenvalue weighted by atomic mass is 10.2. The van der Waals surface area contributed by atoms with Gasteiger partial charge < -0.3 is 10.3 Å². The van der Waals surface area contributed by atoms with Crippen LogP contribution in [0, 0.1) is 0 Å². The first-order valence-electron chi connectivity index (χ1n) is 6.46. The molecule has 2 aromatic heterocycles. The van der Waals surface area contributed by atoms with E-state index in [1.165, 1.54) is 0 Å². The number of rotatable bonds is 3. The summed E-state index contributed by atoms with van der Waals surface area (Å²) in [7, 11) is 0. The summed E-state index contributed by atoms with van der Waals surface area (Å²) in [6, 6.07) is 7.41. The fraction of sp³-hybridized carbons (Fsp3) is 0.133. The Hall–Kier alpha value is -2.21. The molecule has 1 aromatic carbocycles. The van der Waals surface area contributed by atoms with E-state index in [4.69, 9.17) is 11.6 Å². The van der Waals surface area contributed by atoms with Crippen molar-refractivity contribution < 1.29 is 13.2 Å². The van der Waals surface area contributed by atoms with E-state index in [1.807, 2.05) is 12.1 Å². The number of halogens is 4. The quantitative estimate of drug-likeness (QED) is 0.723. The van der Waals surface area contributed by atoms with Crippen LogP contribution in [-0.2, 0) is 12.7 Å². The van der Waals surface area contributed by atoms with Crippen LogP contribution in [0.5, 0.6) is 0 Å². The van der Waals surface area contributed by atoms with Gasteiger partial charge in [-0.15, -0.1) is 0 Å². The van der Waals surface area contributed by atoms with Crippen LogP contribution in [0.15, 0.2) is 42.7 Å². The number of nitrogens with one attached hydrogen (secondary N) is 2. The molecule has 0 aliphatic heterocycles. The molecule has 3 aromatic rings. The monoisotopic (exact) mass is 325 g/mol. The van der Waals surface area contributed by atoms with E-state index in [0.29, 0.717) is 16.4 Å². The zero-order valence-electron chi connectivity index (χ0n) is 11.2. The van der Waals surface area contributed by atoms with E-state index in [1.54, 1.807) is 12.3 Å². The van der Waals surface area contributed by atoms with E-state index in [2.05, 4.69) is 15.3 Å². The predicted octanol–water partition coefficient (Wildman–Crippen LogP) is 4.85. The number of hydrogen-bond acceptors (Lipinski definition) is 2. The second kappa shape index (κ2) is 5.53. The third-order valence-electron chi connectivity index (χ3n) is 3.24. The third-order valence-corrected chi connectivity index (χ3v) is 3.55. The van der Waals surface area contributed by atoms with Crippen molar-refractivity contribution >= 4 is 28.2 Å². The van der Waals surface area contributed by atoms with Crippen LogP contribution in [-0.4, -0.2) is 9.97 Å². The van der Waals surface area contributed by atoms with Crippen molar-refractivity contribution in [2.24, 2.45) is 0 Å².